The Morgan fingerprint density at radius 3 is 2.76 bits per heavy atom. The average Bonchev–Trinajstić information content (AvgIpc) is 2.92. The monoisotopic (exact) mass is 233 g/mol. The fourth-order valence-corrected chi connectivity index (χ4v) is 1.71. The smallest absolute Gasteiger partial charge is 0.207 e. The van der Waals surface area contributed by atoms with Crippen molar-refractivity contribution in [1.29, 1.82) is 0 Å². The Labute approximate surface area is 101 Å². The fraction of sp³-hybridized carbons (Fsp3) is 0.500. The van der Waals surface area contributed by atoms with Crippen LogP contribution in [0.15, 0.2) is 18.6 Å². The van der Waals surface area contributed by atoms with Crippen molar-refractivity contribution in [2.24, 2.45) is 0 Å². The average molecular weight is 233 g/mol. The van der Waals surface area contributed by atoms with Crippen LogP contribution in [0.4, 0.5) is 5.95 Å². The Balaban J connectivity index is 2.29. The molecule has 0 fully saturated rings. The minimum absolute atomic E-state index is 0.880. The standard InChI is InChI=1S/C12H19N5/c1-4-6-13-12-15-10(3)8-17(12)11-7-14-16(5-2)9-11/h7-9H,4-6H2,1-3H3,(H,13,15). The lowest BCUT2D eigenvalue weighted by Crippen LogP contribution is -2.06. The van der Waals surface area contributed by atoms with E-state index in [1.54, 1.807) is 0 Å². The first-order valence-corrected chi connectivity index (χ1v) is 6.07. The molecule has 0 aromatic carbocycles. The summed E-state index contributed by atoms with van der Waals surface area (Å²) in [5.74, 6) is 0.889. The molecule has 5 nitrogen and oxygen atoms in total. The number of hydrogen-bond acceptors (Lipinski definition) is 3. The molecule has 0 aliphatic heterocycles. The van der Waals surface area contributed by atoms with Gasteiger partial charge in [-0.15, -0.1) is 0 Å². The molecule has 17 heavy (non-hydrogen) atoms. The number of anilines is 1. The van der Waals surface area contributed by atoms with Gasteiger partial charge in [0.1, 0.15) is 0 Å². The van der Waals surface area contributed by atoms with Crippen LogP contribution in [0.3, 0.4) is 0 Å². The van der Waals surface area contributed by atoms with Gasteiger partial charge in [0, 0.05) is 25.5 Å². The zero-order valence-electron chi connectivity index (χ0n) is 10.6. The van der Waals surface area contributed by atoms with Crippen molar-refractivity contribution in [1.82, 2.24) is 19.3 Å². The molecule has 0 spiro atoms. The van der Waals surface area contributed by atoms with E-state index < -0.39 is 0 Å². The van der Waals surface area contributed by atoms with Gasteiger partial charge in [0.15, 0.2) is 0 Å². The van der Waals surface area contributed by atoms with Gasteiger partial charge in [0.2, 0.25) is 5.95 Å². The summed E-state index contributed by atoms with van der Waals surface area (Å²) in [6, 6.07) is 0. The van der Waals surface area contributed by atoms with Gasteiger partial charge in [-0.1, -0.05) is 6.92 Å². The molecule has 0 radical (unpaired) electrons. The Morgan fingerprint density at radius 2 is 2.12 bits per heavy atom. The maximum atomic E-state index is 4.47. The first-order chi connectivity index (χ1) is 8.24. The van der Waals surface area contributed by atoms with E-state index in [0.29, 0.717) is 0 Å². The van der Waals surface area contributed by atoms with Crippen LogP contribution in [0.1, 0.15) is 26.0 Å². The second-order valence-corrected chi connectivity index (χ2v) is 4.06. The second kappa shape index (κ2) is 5.03. The fourth-order valence-electron chi connectivity index (χ4n) is 1.71. The van der Waals surface area contributed by atoms with Gasteiger partial charge in [-0.25, -0.2) is 4.98 Å². The largest absolute Gasteiger partial charge is 0.355 e. The van der Waals surface area contributed by atoms with E-state index in [9.17, 15) is 0 Å². The Bertz CT molecular complexity index is 483. The van der Waals surface area contributed by atoms with Crippen molar-refractivity contribution in [2.45, 2.75) is 33.7 Å². The van der Waals surface area contributed by atoms with Gasteiger partial charge in [0.25, 0.3) is 0 Å². The number of rotatable bonds is 5. The summed E-state index contributed by atoms with van der Waals surface area (Å²) >= 11 is 0. The topological polar surface area (TPSA) is 47.7 Å². The molecule has 0 aliphatic rings. The summed E-state index contributed by atoms with van der Waals surface area (Å²) in [5, 5.41) is 7.61. The molecule has 2 heterocycles. The number of aromatic nitrogens is 4. The predicted octanol–water partition coefficient (Wildman–Crippen LogP) is 2.22. The Morgan fingerprint density at radius 1 is 1.29 bits per heavy atom. The van der Waals surface area contributed by atoms with Crippen LogP contribution in [0, 0.1) is 6.92 Å². The summed E-state index contributed by atoms with van der Waals surface area (Å²) in [6.07, 6.45) is 7.00. The van der Waals surface area contributed by atoms with E-state index in [2.05, 4.69) is 29.2 Å². The molecule has 5 heteroatoms. The second-order valence-electron chi connectivity index (χ2n) is 4.06. The third-order valence-electron chi connectivity index (χ3n) is 2.58. The van der Waals surface area contributed by atoms with Crippen molar-refractivity contribution in [3.63, 3.8) is 0 Å². The SMILES string of the molecule is CCCNc1nc(C)cn1-c1cnn(CC)c1. The highest BCUT2D eigenvalue weighted by Gasteiger charge is 2.08. The van der Waals surface area contributed by atoms with E-state index in [-0.39, 0.29) is 0 Å². The predicted molar refractivity (Wildman–Crippen MR) is 68.5 cm³/mol. The first-order valence-electron chi connectivity index (χ1n) is 6.07. The number of aryl methyl sites for hydroxylation is 2. The molecule has 0 amide bonds. The highest BCUT2D eigenvalue weighted by molar-refractivity contribution is 5.40. The van der Waals surface area contributed by atoms with Gasteiger partial charge in [-0.2, -0.15) is 5.10 Å². The maximum Gasteiger partial charge on any atom is 0.207 e. The summed E-state index contributed by atoms with van der Waals surface area (Å²) in [7, 11) is 0. The van der Waals surface area contributed by atoms with Gasteiger partial charge in [-0.05, 0) is 20.3 Å². The molecule has 2 rings (SSSR count). The third kappa shape index (κ3) is 2.49. The van der Waals surface area contributed by atoms with E-state index in [4.69, 9.17) is 0 Å². The van der Waals surface area contributed by atoms with Crippen molar-refractivity contribution >= 4 is 5.95 Å². The zero-order chi connectivity index (χ0) is 12.3. The lowest BCUT2D eigenvalue weighted by molar-refractivity contribution is 0.659. The molecule has 0 saturated heterocycles. The summed E-state index contributed by atoms with van der Waals surface area (Å²) in [6.45, 7) is 8.02. The van der Waals surface area contributed by atoms with Crippen LogP contribution >= 0.6 is 0 Å². The van der Waals surface area contributed by atoms with E-state index in [1.807, 2.05) is 34.8 Å². The lowest BCUT2D eigenvalue weighted by Gasteiger charge is -2.06. The van der Waals surface area contributed by atoms with Crippen LogP contribution in [0.25, 0.3) is 5.69 Å². The maximum absolute atomic E-state index is 4.47. The van der Waals surface area contributed by atoms with Crippen molar-refractivity contribution < 1.29 is 0 Å². The summed E-state index contributed by atoms with van der Waals surface area (Å²) < 4.78 is 3.96. The molecule has 0 aliphatic carbocycles. The number of imidazole rings is 1. The van der Waals surface area contributed by atoms with Gasteiger partial charge in [-0.3, -0.25) is 9.25 Å². The Kier molecular flexibility index (Phi) is 3.46. The van der Waals surface area contributed by atoms with E-state index in [1.165, 1.54) is 0 Å². The first kappa shape index (κ1) is 11.7. The number of hydrogen-bond donors (Lipinski definition) is 1. The van der Waals surface area contributed by atoms with Crippen LogP contribution in [0.5, 0.6) is 0 Å². The minimum atomic E-state index is 0.880. The van der Waals surface area contributed by atoms with Gasteiger partial charge >= 0.3 is 0 Å². The molecule has 2 aromatic rings. The van der Waals surface area contributed by atoms with Crippen molar-refractivity contribution in [3.05, 3.63) is 24.3 Å². The summed E-state index contributed by atoms with van der Waals surface area (Å²) in [5.41, 5.74) is 2.05. The molecular formula is C12H19N5. The molecule has 0 bridgehead atoms. The van der Waals surface area contributed by atoms with Crippen LogP contribution in [-0.4, -0.2) is 25.9 Å². The molecule has 0 saturated carbocycles. The highest BCUT2D eigenvalue weighted by atomic mass is 15.3. The molecular weight excluding hydrogens is 214 g/mol. The minimum Gasteiger partial charge on any atom is -0.355 e. The summed E-state index contributed by atoms with van der Waals surface area (Å²) in [4.78, 5) is 4.47. The number of nitrogens with zero attached hydrogens (tertiary/aromatic N) is 4. The number of nitrogens with one attached hydrogen (secondary N) is 1. The van der Waals surface area contributed by atoms with Crippen molar-refractivity contribution in [3.8, 4) is 5.69 Å². The highest BCUT2D eigenvalue weighted by Crippen LogP contribution is 2.15. The van der Waals surface area contributed by atoms with Gasteiger partial charge in [0.05, 0.1) is 17.6 Å². The van der Waals surface area contributed by atoms with Crippen LogP contribution < -0.4 is 5.32 Å². The van der Waals surface area contributed by atoms with Crippen LogP contribution in [-0.2, 0) is 6.54 Å². The zero-order valence-corrected chi connectivity index (χ0v) is 10.6. The molecule has 2 aromatic heterocycles. The van der Waals surface area contributed by atoms with E-state index >= 15 is 0 Å². The molecule has 92 valence electrons. The van der Waals surface area contributed by atoms with E-state index in [0.717, 1.165) is 36.8 Å². The Hall–Kier alpha value is -1.78. The molecule has 0 atom stereocenters. The quantitative estimate of drug-likeness (QED) is 0.861. The van der Waals surface area contributed by atoms with Crippen molar-refractivity contribution in [2.75, 3.05) is 11.9 Å². The van der Waals surface area contributed by atoms with Gasteiger partial charge < -0.3 is 5.32 Å². The lowest BCUT2D eigenvalue weighted by atomic mass is 10.5. The molecule has 0 unspecified atom stereocenters. The molecule has 1 N–H and O–H groups in total. The third-order valence-corrected chi connectivity index (χ3v) is 2.58. The normalized spacial score (nSPS) is 10.8. The van der Waals surface area contributed by atoms with Crippen LogP contribution in [0.2, 0.25) is 0 Å².